The van der Waals surface area contributed by atoms with Gasteiger partial charge in [-0.25, -0.2) is 0 Å². The Kier molecular flexibility index (Phi) is 6.80. The van der Waals surface area contributed by atoms with Crippen LogP contribution in [0.2, 0.25) is 0 Å². The van der Waals surface area contributed by atoms with E-state index in [4.69, 9.17) is 0 Å². The molecule has 0 aromatic heterocycles. The highest BCUT2D eigenvalue weighted by Gasteiger charge is 2.35. The fourth-order valence-electron chi connectivity index (χ4n) is 1.18. The fraction of sp³-hybridized carbons (Fsp3) is 0.833. The van der Waals surface area contributed by atoms with Crippen LogP contribution in [-0.4, -0.2) is 50.4 Å². The van der Waals surface area contributed by atoms with Gasteiger partial charge in [-0.1, -0.05) is 6.92 Å². The number of carbonyl (C=O) groups excluding carboxylic acids is 2. The highest BCUT2D eigenvalue weighted by molar-refractivity contribution is 6.04. The molecule has 0 spiro atoms. The van der Waals surface area contributed by atoms with Crippen LogP contribution in [0.5, 0.6) is 0 Å². The van der Waals surface area contributed by atoms with Crippen molar-refractivity contribution in [1.29, 1.82) is 0 Å². The molecule has 0 unspecified atom stereocenters. The molecule has 2 amide bonds. The molecule has 5 nitrogen and oxygen atoms in total. The van der Waals surface area contributed by atoms with E-state index < -0.39 is 5.41 Å². The quantitative estimate of drug-likeness (QED) is 0.629. The van der Waals surface area contributed by atoms with Crippen LogP contribution in [0.25, 0.3) is 0 Å². The Morgan fingerprint density at radius 3 is 1.94 bits per heavy atom. The van der Waals surface area contributed by atoms with Gasteiger partial charge in [-0.3, -0.25) is 9.59 Å². The van der Waals surface area contributed by atoms with E-state index in [1.807, 2.05) is 25.9 Å². The summed E-state index contributed by atoms with van der Waals surface area (Å²) in [6, 6.07) is 0. The molecular weight excluding hydrogens is 218 g/mol. The number of carbonyl (C=O) groups is 2. The van der Waals surface area contributed by atoms with Gasteiger partial charge in [-0.15, -0.1) is 0 Å². The number of nitrogens with zero attached hydrogens (tertiary/aromatic N) is 1. The Morgan fingerprint density at radius 1 is 1.06 bits per heavy atom. The van der Waals surface area contributed by atoms with Crippen molar-refractivity contribution in [3.8, 4) is 0 Å². The topological polar surface area (TPSA) is 61.4 Å². The van der Waals surface area contributed by atoms with Gasteiger partial charge in [0.1, 0.15) is 5.41 Å². The zero-order valence-electron chi connectivity index (χ0n) is 11.6. The van der Waals surface area contributed by atoms with Gasteiger partial charge in [-0.05, 0) is 34.4 Å². The van der Waals surface area contributed by atoms with Crippen molar-refractivity contribution < 1.29 is 9.59 Å². The molecule has 0 aliphatic rings. The second-order valence-electron chi connectivity index (χ2n) is 4.94. The van der Waals surface area contributed by atoms with Gasteiger partial charge in [0.05, 0.1) is 0 Å². The highest BCUT2D eigenvalue weighted by Crippen LogP contribution is 2.15. The molecule has 0 aliphatic heterocycles. The standard InChI is InChI=1S/C12H25N3O2/c1-6-7-13-10(16)12(2,3)11(17)14-8-9-15(4)5/h6-9H2,1-5H3,(H,13,16)(H,14,17). The molecule has 100 valence electrons. The zero-order valence-corrected chi connectivity index (χ0v) is 11.6. The third-order valence-electron chi connectivity index (χ3n) is 2.52. The Hall–Kier alpha value is -1.10. The summed E-state index contributed by atoms with van der Waals surface area (Å²) in [4.78, 5) is 25.6. The number of rotatable bonds is 7. The third-order valence-corrected chi connectivity index (χ3v) is 2.52. The molecule has 0 radical (unpaired) electrons. The zero-order chi connectivity index (χ0) is 13.5. The first-order chi connectivity index (χ1) is 7.82. The van der Waals surface area contributed by atoms with Gasteiger partial charge < -0.3 is 15.5 Å². The fourth-order valence-corrected chi connectivity index (χ4v) is 1.18. The van der Waals surface area contributed by atoms with Crippen molar-refractivity contribution >= 4 is 11.8 Å². The van der Waals surface area contributed by atoms with Gasteiger partial charge >= 0.3 is 0 Å². The molecule has 0 fully saturated rings. The molecule has 0 atom stereocenters. The average Bonchev–Trinajstić information content (AvgIpc) is 2.24. The van der Waals surface area contributed by atoms with E-state index in [9.17, 15) is 9.59 Å². The lowest BCUT2D eigenvalue weighted by molar-refractivity contribution is -0.141. The number of hydrogen-bond acceptors (Lipinski definition) is 3. The van der Waals surface area contributed by atoms with Crippen LogP contribution < -0.4 is 10.6 Å². The van der Waals surface area contributed by atoms with Gasteiger partial charge in [-0.2, -0.15) is 0 Å². The van der Waals surface area contributed by atoms with Gasteiger partial charge in [0, 0.05) is 19.6 Å². The van der Waals surface area contributed by atoms with E-state index in [2.05, 4.69) is 10.6 Å². The molecule has 5 heteroatoms. The smallest absolute Gasteiger partial charge is 0.235 e. The molecule has 0 saturated heterocycles. The summed E-state index contributed by atoms with van der Waals surface area (Å²) in [6.07, 6.45) is 0.865. The van der Waals surface area contributed by atoms with Crippen molar-refractivity contribution in [3.05, 3.63) is 0 Å². The number of amides is 2. The van der Waals surface area contributed by atoms with Crippen LogP contribution in [0, 0.1) is 5.41 Å². The maximum atomic E-state index is 11.9. The van der Waals surface area contributed by atoms with E-state index in [1.165, 1.54) is 0 Å². The van der Waals surface area contributed by atoms with Crippen LogP contribution in [0.1, 0.15) is 27.2 Å². The maximum absolute atomic E-state index is 11.9. The molecule has 17 heavy (non-hydrogen) atoms. The van der Waals surface area contributed by atoms with Crippen LogP contribution in [-0.2, 0) is 9.59 Å². The Labute approximate surface area is 104 Å². The van der Waals surface area contributed by atoms with Crippen molar-refractivity contribution in [2.24, 2.45) is 5.41 Å². The van der Waals surface area contributed by atoms with E-state index >= 15 is 0 Å². The van der Waals surface area contributed by atoms with E-state index in [0.717, 1.165) is 13.0 Å². The summed E-state index contributed by atoms with van der Waals surface area (Å²) < 4.78 is 0. The molecule has 0 rings (SSSR count). The highest BCUT2D eigenvalue weighted by atomic mass is 16.2. The van der Waals surface area contributed by atoms with Crippen molar-refractivity contribution in [2.45, 2.75) is 27.2 Å². The molecule has 2 N–H and O–H groups in total. The van der Waals surface area contributed by atoms with E-state index in [-0.39, 0.29) is 11.8 Å². The second kappa shape index (κ2) is 7.27. The minimum Gasteiger partial charge on any atom is -0.355 e. The summed E-state index contributed by atoms with van der Waals surface area (Å²) in [7, 11) is 3.87. The molecular formula is C12H25N3O2. The predicted octanol–water partition coefficient (Wildman–Crippen LogP) is 0.217. The monoisotopic (exact) mass is 243 g/mol. The molecule has 0 aromatic rings. The lowest BCUT2D eigenvalue weighted by atomic mass is 9.91. The molecule has 0 aromatic carbocycles. The van der Waals surface area contributed by atoms with E-state index in [1.54, 1.807) is 13.8 Å². The average molecular weight is 243 g/mol. The molecule has 0 aliphatic carbocycles. The summed E-state index contributed by atoms with van der Waals surface area (Å²) >= 11 is 0. The predicted molar refractivity (Wildman–Crippen MR) is 68.6 cm³/mol. The van der Waals surface area contributed by atoms with E-state index in [0.29, 0.717) is 13.1 Å². The maximum Gasteiger partial charge on any atom is 0.235 e. The second-order valence-corrected chi connectivity index (χ2v) is 4.94. The normalized spacial score (nSPS) is 11.4. The molecule has 0 bridgehead atoms. The van der Waals surface area contributed by atoms with Crippen LogP contribution >= 0.6 is 0 Å². The SMILES string of the molecule is CCCNC(=O)C(C)(C)C(=O)NCCN(C)C. The largest absolute Gasteiger partial charge is 0.355 e. The Bertz CT molecular complexity index is 262. The number of likely N-dealkylation sites (N-methyl/N-ethyl adjacent to an activating group) is 1. The van der Waals surface area contributed by atoms with Gasteiger partial charge in [0.15, 0.2) is 0 Å². The number of hydrogen-bond donors (Lipinski definition) is 2. The molecule has 0 saturated carbocycles. The summed E-state index contributed by atoms with van der Waals surface area (Å²) in [5, 5.41) is 5.51. The summed E-state index contributed by atoms with van der Waals surface area (Å²) in [5.41, 5.74) is -1.01. The van der Waals surface area contributed by atoms with Crippen LogP contribution in [0.4, 0.5) is 0 Å². The lowest BCUT2D eigenvalue weighted by Gasteiger charge is -2.23. The Balaban J connectivity index is 4.19. The van der Waals surface area contributed by atoms with Crippen LogP contribution in [0.15, 0.2) is 0 Å². The summed E-state index contributed by atoms with van der Waals surface area (Å²) in [5.74, 6) is -0.449. The minimum absolute atomic E-state index is 0.221. The first kappa shape index (κ1) is 15.9. The van der Waals surface area contributed by atoms with Crippen molar-refractivity contribution in [2.75, 3.05) is 33.7 Å². The Morgan fingerprint density at radius 2 is 1.53 bits per heavy atom. The molecule has 0 heterocycles. The van der Waals surface area contributed by atoms with Crippen molar-refractivity contribution in [3.63, 3.8) is 0 Å². The first-order valence-corrected chi connectivity index (χ1v) is 6.03. The number of nitrogens with one attached hydrogen (secondary N) is 2. The van der Waals surface area contributed by atoms with Crippen LogP contribution in [0.3, 0.4) is 0 Å². The minimum atomic E-state index is -1.01. The third kappa shape index (κ3) is 5.68. The van der Waals surface area contributed by atoms with Gasteiger partial charge in [0.25, 0.3) is 0 Å². The first-order valence-electron chi connectivity index (χ1n) is 6.03. The summed E-state index contributed by atoms with van der Waals surface area (Å²) in [6.45, 7) is 7.18. The van der Waals surface area contributed by atoms with Crippen molar-refractivity contribution in [1.82, 2.24) is 15.5 Å². The lowest BCUT2D eigenvalue weighted by Crippen LogP contribution is -2.49. The van der Waals surface area contributed by atoms with Gasteiger partial charge in [0.2, 0.25) is 11.8 Å².